The van der Waals surface area contributed by atoms with Crippen molar-refractivity contribution in [3.63, 3.8) is 0 Å². The van der Waals surface area contributed by atoms with Crippen LogP contribution in [0.2, 0.25) is 0 Å². The van der Waals surface area contributed by atoms with Crippen LogP contribution in [0.1, 0.15) is 53.6 Å². The molecule has 7 heteroatoms. The molecule has 1 amide bonds. The number of carbonyl (C=O) groups excluding carboxylic acids is 1. The first-order valence-corrected chi connectivity index (χ1v) is 11.6. The lowest BCUT2D eigenvalue weighted by molar-refractivity contribution is 0.0496. The Labute approximate surface area is 193 Å². The van der Waals surface area contributed by atoms with Crippen LogP contribution in [0.25, 0.3) is 16.8 Å². The number of rotatable bonds is 5. The molecule has 3 heterocycles. The third-order valence-corrected chi connectivity index (χ3v) is 6.67. The number of aryl methyl sites for hydroxylation is 3. The summed E-state index contributed by atoms with van der Waals surface area (Å²) in [5.41, 5.74) is 5.35. The number of carbonyl (C=O) groups is 1. The Morgan fingerprint density at radius 1 is 1.15 bits per heavy atom. The van der Waals surface area contributed by atoms with E-state index in [0.29, 0.717) is 17.9 Å². The van der Waals surface area contributed by atoms with Crippen molar-refractivity contribution in [3.05, 3.63) is 71.6 Å². The van der Waals surface area contributed by atoms with Gasteiger partial charge in [0.25, 0.3) is 5.91 Å². The minimum absolute atomic E-state index is 0.0499. The zero-order valence-electron chi connectivity index (χ0n) is 19.4. The van der Waals surface area contributed by atoms with E-state index in [2.05, 4.69) is 33.8 Å². The fraction of sp³-hybridized carbons (Fsp3) is 0.385. The summed E-state index contributed by atoms with van der Waals surface area (Å²) in [7, 11) is 0. The molecule has 1 aliphatic heterocycles. The molecule has 4 aromatic rings. The van der Waals surface area contributed by atoms with E-state index >= 15 is 0 Å². The molecule has 1 aliphatic rings. The lowest BCUT2D eigenvalue weighted by Gasteiger charge is -2.40. The van der Waals surface area contributed by atoms with Crippen molar-refractivity contribution in [1.82, 2.24) is 24.6 Å². The van der Waals surface area contributed by atoms with Crippen LogP contribution < -0.4 is 0 Å². The highest BCUT2D eigenvalue weighted by atomic mass is 16.3. The largest absolute Gasteiger partial charge is 0.441 e. The van der Waals surface area contributed by atoms with Crippen LogP contribution in [0.5, 0.6) is 0 Å². The fourth-order valence-electron chi connectivity index (χ4n) is 4.91. The first kappa shape index (κ1) is 21.4. The topological polar surface area (TPSA) is 77.1 Å². The van der Waals surface area contributed by atoms with Crippen LogP contribution in [0.15, 0.2) is 53.5 Å². The monoisotopic (exact) mass is 443 g/mol. The minimum atomic E-state index is 0.0499. The number of amides is 1. The lowest BCUT2D eigenvalue weighted by Crippen LogP contribution is -2.48. The van der Waals surface area contributed by atoms with Crippen molar-refractivity contribution in [2.45, 2.75) is 52.5 Å². The number of likely N-dealkylation sites (tertiary alicyclic amines) is 1. The number of piperidine rings is 1. The van der Waals surface area contributed by atoms with Gasteiger partial charge in [0.2, 0.25) is 0 Å². The van der Waals surface area contributed by atoms with Crippen molar-refractivity contribution < 1.29 is 9.21 Å². The average Bonchev–Trinajstić information content (AvgIpc) is 3.47. The summed E-state index contributed by atoms with van der Waals surface area (Å²) in [5, 5.41) is 4.26. The van der Waals surface area contributed by atoms with E-state index in [1.807, 2.05) is 43.3 Å². The molecule has 2 atom stereocenters. The van der Waals surface area contributed by atoms with Gasteiger partial charge < -0.3 is 9.32 Å². The Kier molecular flexibility index (Phi) is 5.70. The highest BCUT2D eigenvalue weighted by Crippen LogP contribution is 2.30. The van der Waals surface area contributed by atoms with Gasteiger partial charge in [-0.1, -0.05) is 24.6 Å². The molecule has 0 radical (unpaired) electrons. The number of oxazole rings is 1. The van der Waals surface area contributed by atoms with Gasteiger partial charge in [0.1, 0.15) is 18.2 Å². The summed E-state index contributed by atoms with van der Waals surface area (Å²) >= 11 is 0. The van der Waals surface area contributed by atoms with Crippen LogP contribution in [0.4, 0.5) is 0 Å². The van der Waals surface area contributed by atoms with E-state index in [-0.39, 0.29) is 11.9 Å². The summed E-state index contributed by atoms with van der Waals surface area (Å²) in [4.78, 5) is 24.6. The van der Waals surface area contributed by atoms with Crippen LogP contribution >= 0.6 is 0 Å². The molecule has 0 bridgehead atoms. The number of aromatic nitrogens is 4. The molecule has 7 nitrogen and oxygen atoms in total. The molecular formula is C26H29N5O2. The van der Waals surface area contributed by atoms with Gasteiger partial charge >= 0.3 is 0 Å². The normalized spacial score (nSPS) is 18.7. The van der Waals surface area contributed by atoms with Crippen molar-refractivity contribution in [2.75, 3.05) is 6.54 Å². The van der Waals surface area contributed by atoms with E-state index in [4.69, 9.17) is 4.42 Å². The van der Waals surface area contributed by atoms with Crippen molar-refractivity contribution >= 4 is 17.0 Å². The molecular weight excluding hydrogens is 414 g/mol. The summed E-state index contributed by atoms with van der Waals surface area (Å²) in [6, 6.07) is 12.1. The molecule has 0 spiro atoms. The van der Waals surface area contributed by atoms with Gasteiger partial charge in [0.05, 0.1) is 11.3 Å². The Balaban J connectivity index is 1.40. The molecule has 1 saturated heterocycles. The summed E-state index contributed by atoms with van der Waals surface area (Å²) in [6.07, 6.45) is 6.77. The predicted molar refractivity (Wildman–Crippen MR) is 126 cm³/mol. The van der Waals surface area contributed by atoms with Crippen LogP contribution in [-0.2, 0) is 6.42 Å². The first-order chi connectivity index (χ1) is 16.0. The molecule has 0 unspecified atom stereocenters. The Hall–Kier alpha value is -3.48. The van der Waals surface area contributed by atoms with Gasteiger partial charge in [-0.2, -0.15) is 5.10 Å². The smallest absolute Gasteiger partial charge is 0.256 e. The van der Waals surface area contributed by atoms with Crippen LogP contribution in [0, 0.1) is 19.8 Å². The maximum atomic E-state index is 13.8. The molecule has 5 rings (SSSR count). The first-order valence-electron chi connectivity index (χ1n) is 11.6. The van der Waals surface area contributed by atoms with E-state index < -0.39 is 0 Å². The molecule has 1 fully saturated rings. The molecule has 0 saturated carbocycles. The third kappa shape index (κ3) is 4.27. The Bertz CT molecular complexity index is 1280. The van der Waals surface area contributed by atoms with Crippen molar-refractivity contribution in [1.29, 1.82) is 0 Å². The maximum Gasteiger partial charge on any atom is 0.256 e. The van der Waals surface area contributed by atoms with Crippen LogP contribution in [0.3, 0.4) is 0 Å². The molecule has 170 valence electrons. The maximum absolute atomic E-state index is 13.8. The van der Waals surface area contributed by atoms with Gasteiger partial charge in [-0.25, -0.2) is 14.6 Å². The average molecular weight is 444 g/mol. The van der Waals surface area contributed by atoms with E-state index in [0.717, 1.165) is 54.0 Å². The second-order valence-electron chi connectivity index (χ2n) is 9.16. The Morgan fingerprint density at radius 2 is 1.97 bits per heavy atom. The molecule has 33 heavy (non-hydrogen) atoms. The highest BCUT2D eigenvalue weighted by Gasteiger charge is 2.33. The highest BCUT2D eigenvalue weighted by molar-refractivity contribution is 5.98. The fourth-order valence-corrected chi connectivity index (χ4v) is 4.91. The molecule has 2 aromatic carbocycles. The molecule has 2 aromatic heterocycles. The van der Waals surface area contributed by atoms with Gasteiger partial charge in [-0.3, -0.25) is 4.79 Å². The Morgan fingerprint density at radius 3 is 2.79 bits per heavy atom. The molecule has 0 aliphatic carbocycles. The van der Waals surface area contributed by atoms with Gasteiger partial charge in [-0.15, -0.1) is 0 Å². The van der Waals surface area contributed by atoms with E-state index in [9.17, 15) is 4.79 Å². The minimum Gasteiger partial charge on any atom is -0.441 e. The number of hydrogen-bond acceptors (Lipinski definition) is 5. The number of fused-ring (bicyclic) bond motifs is 1. The third-order valence-electron chi connectivity index (χ3n) is 6.67. The zero-order chi connectivity index (χ0) is 22.9. The van der Waals surface area contributed by atoms with E-state index in [1.165, 1.54) is 11.9 Å². The summed E-state index contributed by atoms with van der Waals surface area (Å²) in [5.74, 6) is 1.20. The lowest BCUT2D eigenvalue weighted by atomic mass is 9.87. The zero-order valence-corrected chi connectivity index (χ0v) is 19.4. The molecule has 0 N–H and O–H groups in total. The van der Waals surface area contributed by atoms with Crippen molar-refractivity contribution in [3.8, 4) is 5.69 Å². The van der Waals surface area contributed by atoms with Crippen LogP contribution in [-0.4, -0.2) is 43.1 Å². The van der Waals surface area contributed by atoms with E-state index in [1.54, 1.807) is 11.0 Å². The second-order valence-corrected chi connectivity index (χ2v) is 9.16. The number of benzene rings is 2. The van der Waals surface area contributed by atoms with Gasteiger partial charge in [0, 0.05) is 19.0 Å². The SMILES string of the molecule is Cc1ccc(-n2cncn2)c(C(=O)N2CCC[C@@H](C)[C@H]2CCc2nc3cc(C)ccc3o2)c1. The van der Waals surface area contributed by atoms with Gasteiger partial charge in [0.15, 0.2) is 11.5 Å². The number of hydrogen-bond donors (Lipinski definition) is 0. The summed E-state index contributed by atoms with van der Waals surface area (Å²) < 4.78 is 7.64. The second kappa shape index (κ2) is 8.81. The number of nitrogens with zero attached hydrogens (tertiary/aromatic N) is 5. The van der Waals surface area contributed by atoms with Crippen molar-refractivity contribution in [2.24, 2.45) is 5.92 Å². The predicted octanol–water partition coefficient (Wildman–Crippen LogP) is 4.90. The quantitative estimate of drug-likeness (QED) is 0.438. The summed E-state index contributed by atoms with van der Waals surface area (Å²) in [6.45, 7) is 7.06. The standard InChI is InChI=1S/C26H29N5O2/c1-17-6-8-23(31-16-27-15-28-31)20(13-17)26(32)30-12-4-5-19(3)22(30)9-11-25-29-21-14-18(2)7-10-24(21)33-25/h6-8,10,13-16,19,22H,4-5,9,11-12H2,1-3H3/t19-,22-/m1/s1. The van der Waals surface area contributed by atoms with Gasteiger partial charge in [-0.05, 0) is 68.9 Å².